The third-order valence-electron chi connectivity index (χ3n) is 4.17. The Morgan fingerprint density at radius 2 is 1.96 bits per heavy atom. The smallest absolute Gasteiger partial charge is 0.206 e. The summed E-state index contributed by atoms with van der Waals surface area (Å²) in [4.78, 5) is 12.2. The van der Waals surface area contributed by atoms with Crippen molar-refractivity contribution in [2.75, 3.05) is 7.11 Å². The van der Waals surface area contributed by atoms with Gasteiger partial charge in [-0.3, -0.25) is 9.48 Å². The number of hydrogen-bond acceptors (Lipinski definition) is 4. The molecule has 0 unspecified atom stereocenters. The number of aryl methyl sites for hydroxylation is 2. The fourth-order valence-electron chi connectivity index (χ4n) is 2.70. The molecule has 6 heteroatoms. The Morgan fingerprint density at radius 3 is 2.64 bits per heavy atom. The van der Waals surface area contributed by atoms with Crippen molar-refractivity contribution in [1.82, 2.24) is 9.78 Å². The first kappa shape index (κ1) is 19.7. The van der Waals surface area contributed by atoms with Crippen LogP contribution in [0.2, 0.25) is 5.02 Å². The first-order valence-corrected chi connectivity index (χ1v) is 9.12. The number of ketones is 1. The van der Waals surface area contributed by atoms with E-state index in [1.165, 1.54) is 6.08 Å². The molecule has 0 bridgehead atoms. The average Bonchev–Trinajstić information content (AvgIpc) is 3.12. The van der Waals surface area contributed by atoms with Gasteiger partial charge in [0, 0.05) is 18.8 Å². The van der Waals surface area contributed by atoms with E-state index in [-0.39, 0.29) is 5.78 Å². The predicted octanol–water partition coefficient (Wildman–Crippen LogP) is 4.87. The average molecular weight is 397 g/mol. The van der Waals surface area contributed by atoms with E-state index in [4.69, 9.17) is 21.1 Å². The highest BCUT2D eigenvalue weighted by Gasteiger charge is 2.08. The molecule has 0 aliphatic rings. The molecule has 3 aromatic rings. The van der Waals surface area contributed by atoms with Gasteiger partial charge >= 0.3 is 0 Å². The molecule has 0 aliphatic heterocycles. The number of hydrogen-bond donors (Lipinski definition) is 0. The number of carbonyl (C=O) groups excluding carboxylic acids is 1. The second-order valence-electron chi connectivity index (χ2n) is 6.37. The minimum atomic E-state index is -0.152. The summed E-state index contributed by atoms with van der Waals surface area (Å²) in [6.07, 6.45) is 4.99. The predicted molar refractivity (Wildman–Crippen MR) is 110 cm³/mol. The van der Waals surface area contributed by atoms with E-state index in [1.54, 1.807) is 37.2 Å². The molecule has 0 amide bonds. The van der Waals surface area contributed by atoms with E-state index < -0.39 is 0 Å². The van der Waals surface area contributed by atoms with Gasteiger partial charge in [0.1, 0.15) is 23.8 Å². The second-order valence-corrected chi connectivity index (χ2v) is 6.77. The van der Waals surface area contributed by atoms with Crippen LogP contribution in [0.1, 0.15) is 27.2 Å². The summed E-state index contributed by atoms with van der Waals surface area (Å²) in [7, 11) is 3.38. The summed E-state index contributed by atoms with van der Waals surface area (Å²) in [6.45, 7) is 2.27. The van der Waals surface area contributed by atoms with Crippen LogP contribution in [0.5, 0.6) is 11.5 Å². The van der Waals surface area contributed by atoms with E-state index in [9.17, 15) is 4.79 Å². The highest BCUT2D eigenvalue weighted by Crippen LogP contribution is 2.28. The number of allylic oxidation sites excluding steroid dienone is 1. The lowest BCUT2D eigenvalue weighted by molar-refractivity contribution is 0.104. The van der Waals surface area contributed by atoms with Gasteiger partial charge in [0.05, 0.1) is 12.1 Å². The zero-order valence-corrected chi connectivity index (χ0v) is 16.7. The molecule has 0 saturated carbocycles. The largest absolute Gasteiger partial charge is 0.496 e. The molecule has 2 aromatic carbocycles. The Labute approximate surface area is 169 Å². The lowest BCUT2D eigenvalue weighted by atomic mass is 10.1. The molecular formula is C22H21ClN2O3. The Balaban J connectivity index is 1.75. The first-order valence-electron chi connectivity index (χ1n) is 8.74. The maximum absolute atomic E-state index is 12.2. The molecule has 0 spiro atoms. The van der Waals surface area contributed by atoms with E-state index in [1.807, 2.05) is 43.3 Å². The lowest BCUT2D eigenvalue weighted by Crippen LogP contribution is -2.00. The monoisotopic (exact) mass is 396 g/mol. The van der Waals surface area contributed by atoms with Crippen molar-refractivity contribution >= 4 is 23.5 Å². The van der Waals surface area contributed by atoms with Gasteiger partial charge in [-0.25, -0.2) is 0 Å². The zero-order chi connectivity index (χ0) is 20.1. The van der Waals surface area contributed by atoms with Crippen molar-refractivity contribution < 1.29 is 14.3 Å². The van der Waals surface area contributed by atoms with Crippen LogP contribution >= 0.6 is 11.6 Å². The van der Waals surface area contributed by atoms with Gasteiger partial charge in [0.15, 0.2) is 0 Å². The number of methoxy groups -OCH3 is 1. The van der Waals surface area contributed by atoms with Crippen LogP contribution < -0.4 is 9.47 Å². The number of benzene rings is 2. The van der Waals surface area contributed by atoms with Gasteiger partial charge in [0.25, 0.3) is 0 Å². The third kappa shape index (κ3) is 4.81. The number of rotatable bonds is 7. The highest BCUT2D eigenvalue weighted by atomic mass is 35.5. The third-order valence-corrected chi connectivity index (χ3v) is 4.46. The lowest BCUT2D eigenvalue weighted by Gasteiger charge is -2.12. The molecule has 0 atom stereocenters. The van der Waals surface area contributed by atoms with Crippen molar-refractivity contribution in [3.8, 4) is 11.5 Å². The SMILES string of the molecule is COc1ccc(/C=C/C(=O)c2ccn(C)n2)cc1COc1ccc(C)cc1Cl. The van der Waals surface area contributed by atoms with Gasteiger partial charge in [0.2, 0.25) is 5.78 Å². The van der Waals surface area contributed by atoms with Gasteiger partial charge in [-0.2, -0.15) is 5.10 Å². The summed E-state index contributed by atoms with van der Waals surface area (Å²) >= 11 is 6.23. The molecular weight excluding hydrogens is 376 g/mol. The van der Waals surface area contributed by atoms with Crippen LogP contribution in [0.15, 0.2) is 54.7 Å². The maximum Gasteiger partial charge on any atom is 0.206 e. The molecule has 5 nitrogen and oxygen atoms in total. The maximum atomic E-state index is 12.2. The first-order chi connectivity index (χ1) is 13.5. The number of ether oxygens (including phenoxy) is 2. The Bertz CT molecular complexity index is 1020. The Kier molecular flexibility index (Phi) is 6.16. The van der Waals surface area contributed by atoms with Crippen molar-refractivity contribution in [2.45, 2.75) is 13.5 Å². The summed E-state index contributed by atoms with van der Waals surface area (Å²) in [5.41, 5.74) is 3.19. The molecule has 144 valence electrons. The molecule has 28 heavy (non-hydrogen) atoms. The fraction of sp³-hybridized carbons (Fsp3) is 0.182. The van der Waals surface area contributed by atoms with E-state index >= 15 is 0 Å². The molecule has 0 aliphatic carbocycles. The van der Waals surface area contributed by atoms with Crippen LogP contribution in [-0.4, -0.2) is 22.7 Å². The standard InChI is InChI=1S/C22H21ClN2O3/c1-15-4-8-22(18(23)12-15)28-14-17-13-16(6-9-21(17)27-3)5-7-20(26)19-10-11-25(2)24-19/h4-13H,14H2,1-3H3/b7-5+. The van der Waals surface area contributed by atoms with Crippen LogP contribution in [0.4, 0.5) is 0 Å². The number of halogens is 1. The molecule has 0 radical (unpaired) electrons. The molecule has 0 saturated heterocycles. The summed E-state index contributed by atoms with van der Waals surface area (Å²) in [5.74, 6) is 1.16. The van der Waals surface area contributed by atoms with Crippen molar-refractivity contribution in [3.05, 3.63) is 82.1 Å². The Hall–Kier alpha value is -3.05. The summed E-state index contributed by atoms with van der Waals surface area (Å²) in [5, 5.41) is 4.67. The van der Waals surface area contributed by atoms with Crippen LogP contribution in [0, 0.1) is 6.92 Å². The molecule has 3 rings (SSSR count). The molecule has 1 aromatic heterocycles. The molecule has 0 fully saturated rings. The van der Waals surface area contributed by atoms with E-state index in [2.05, 4.69) is 5.10 Å². The Morgan fingerprint density at radius 1 is 1.18 bits per heavy atom. The van der Waals surface area contributed by atoms with Crippen molar-refractivity contribution in [2.24, 2.45) is 7.05 Å². The number of carbonyl (C=O) groups is 1. The van der Waals surface area contributed by atoms with Crippen LogP contribution in [0.3, 0.4) is 0 Å². The van der Waals surface area contributed by atoms with Gasteiger partial charge in [-0.05, 0) is 54.5 Å². The summed E-state index contributed by atoms with van der Waals surface area (Å²) < 4.78 is 12.9. The number of nitrogens with zero attached hydrogens (tertiary/aromatic N) is 2. The topological polar surface area (TPSA) is 53.4 Å². The quantitative estimate of drug-likeness (QED) is 0.422. The second kappa shape index (κ2) is 8.76. The fourth-order valence-corrected chi connectivity index (χ4v) is 2.99. The molecule has 0 N–H and O–H groups in total. The van der Waals surface area contributed by atoms with Gasteiger partial charge < -0.3 is 9.47 Å². The highest BCUT2D eigenvalue weighted by molar-refractivity contribution is 6.32. The molecule has 1 heterocycles. The van der Waals surface area contributed by atoms with E-state index in [0.29, 0.717) is 28.8 Å². The number of aromatic nitrogens is 2. The van der Waals surface area contributed by atoms with Crippen molar-refractivity contribution in [1.29, 1.82) is 0 Å². The normalized spacial score (nSPS) is 11.0. The van der Waals surface area contributed by atoms with Crippen LogP contribution in [0.25, 0.3) is 6.08 Å². The van der Waals surface area contributed by atoms with Gasteiger partial charge in [-0.15, -0.1) is 0 Å². The zero-order valence-electron chi connectivity index (χ0n) is 16.0. The minimum absolute atomic E-state index is 0.152. The van der Waals surface area contributed by atoms with Crippen LogP contribution in [-0.2, 0) is 13.7 Å². The minimum Gasteiger partial charge on any atom is -0.496 e. The summed E-state index contributed by atoms with van der Waals surface area (Å²) in [6, 6.07) is 13.0. The van der Waals surface area contributed by atoms with E-state index in [0.717, 1.165) is 16.7 Å². The van der Waals surface area contributed by atoms with Crippen molar-refractivity contribution in [3.63, 3.8) is 0 Å². The van der Waals surface area contributed by atoms with Gasteiger partial charge in [-0.1, -0.05) is 29.8 Å².